The zero-order valence-electron chi connectivity index (χ0n) is 33.2. The number of anilines is 2. The summed E-state index contributed by atoms with van der Waals surface area (Å²) in [5, 5.41) is 9.88. The van der Waals surface area contributed by atoms with E-state index in [0.29, 0.717) is 0 Å². The lowest BCUT2D eigenvalue weighted by Crippen LogP contribution is -2.35. The predicted octanol–water partition coefficient (Wildman–Crippen LogP) is 15.5. The number of rotatable bonds is 6. The van der Waals surface area contributed by atoms with Gasteiger partial charge in [-0.15, -0.1) is 0 Å². The molecule has 0 saturated carbocycles. The van der Waals surface area contributed by atoms with Gasteiger partial charge in [-0.2, -0.15) is 0 Å². The highest BCUT2D eigenvalue weighted by molar-refractivity contribution is 6.14. The molecule has 0 saturated heterocycles. The van der Waals surface area contributed by atoms with Gasteiger partial charge in [0.15, 0.2) is 0 Å². The molecule has 0 fully saturated rings. The largest absolute Gasteiger partial charge is 0.456 e. The zero-order chi connectivity index (χ0) is 39.7. The number of fused-ring (bicyclic) bond motifs is 9. The predicted molar refractivity (Wildman–Crippen MR) is 254 cm³/mol. The number of nitrogens with zero attached hydrogens (tertiary/aromatic N) is 2. The number of para-hydroxylation sites is 3. The minimum atomic E-state index is 0.0244. The van der Waals surface area contributed by atoms with E-state index >= 15 is 0 Å². The van der Waals surface area contributed by atoms with Gasteiger partial charge in [0.1, 0.15) is 11.2 Å². The summed E-state index contributed by atoms with van der Waals surface area (Å²) in [5.74, 6) is 0.228. The second-order valence-corrected chi connectivity index (χ2v) is 16.1. The molecule has 0 N–H and O–H groups in total. The Labute approximate surface area is 348 Å². The van der Waals surface area contributed by atoms with Crippen LogP contribution in [0.15, 0.2) is 217 Å². The quantitative estimate of drug-likeness (QED) is 0.157. The topological polar surface area (TPSA) is 21.3 Å². The van der Waals surface area contributed by atoms with Crippen LogP contribution in [-0.4, -0.2) is 10.6 Å². The molecule has 2 heterocycles. The van der Waals surface area contributed by atoms with Crippen LogP contribution in [0.1, 0.15) is 12.5 Å². The van der Waals surface area contributed by atoms with Crippen LogP contribution in [0.25, 0.3) is 87.7 Å². The normalized spacial score (nSPS) is 15.4. The number of aromatic nitrogens is 1. The molecular formula is C57H40N2O. The number of furan rings is 1. The first-order chi connectivity index (χ1) is 29.7. The Morgan fingerprint density at radius 2 is 1.10 bits per heavy atom. The molecule has 60 heavy (non-hydrogen) atoms. The highest BCUT2D eigenvalue weighted by Crippen LogP contribution is 2.44. The van der Waals surface area contributed by atoms with Gasteiger partial charge in [0.2, 0.25) is 0 Å². The van der Waals surface area contributed by atoms with Crippen LogP contribution < -0.4 is 4.90 Å². The number of hydrogen-bond donors (Lipinski definition) is 0. The van der Waals surface area contributed by atoms with Crippen LogP contribution in [-0.2, 0) is 0 Å². The van der Waals surface area contributed by atoms with Crippen molar-refractivity contribution in [2.45, 2.75) is 13.0 Å². The van der Waals surface area contributed by atoms with Gasteiger partial charge in [-0.05, 0) is 104 Å². The number of hydrogen-bond acceptors (Lipinski definition) is 2. The lowest BCUT2D eigenvalue weighted by molar-refractivity contribution is 0.612. The molecule has 0 radical (unpaired) electrons. The molecule has 2 aromatic heterocycles. The van der Waals surface area contributed by atoms with E-state index in [1.165, 1.54) is 65.6 Å². The molecule has 9 aromatic carbocycles. The van der Waals surface area contributed by atoms with Crippen molar-refractivity contribution in [1.82, 2.24) is 4.57 Å². The van der Waals surface area contributed by atoms with Gasteiger partial charge < -0.3 is 13.9 Å². The highest BCUT2D eigenvalue weighted by atomic mass is 16.3. The molecule has 0 spiro atoms. The van der Waals surface area contributed by atoms with E-state index in [-0.39, 0.29) is 12.0 Å². The van der Waals surface area contributed by atoms with E-state index < -0.39 is 0 Å². The van der Waals surface area contributed by atoms with Crippen LogP contribution in [0.5, 0.6) is 0 Å². The van der Waals surface area contributed by atoms with E-state index in [9.17, 15) is 0 Å². The van der Waals surface area contributed by atoms with Crippen molar-refractivity contribution in [3.05, 3.63) is 218 Å². The molecule has 11 aromatic rings. The third-order valence-corrected chi connectivity index (χ3v) is 12.7. The zero-order valence-corrected chi connectivity index (χ0v) is 33.2. The molecule has 0 bridgehead atoms. The molecule has 2 atom stereocenters. The maximum Gasteiger partial charge on any atom is 0.137 e. The van der Waals surface area contributed by atoms with Crippen LogP contribution in [0.2, 0.25) is 0 Å². The summed E-state index contributed by atoms with van der Waals surface area (Å²) < 4.78 is 8.84. The van der Waals surface area contributed by atoms with Crippen LogP contribution in [0.3, 0.4) is 0 Å². The molecular weight excluding hydrogens is 729 g/mol. The van der Waals surface area contributed by atoms with E-state index in [4.69, 9.17) is 4.42 Å². The fourth-order valence-electron chi connectivity index (χ4n) is 9.79. The first-order valence-electron chi connectivity index (χ1n) is 20.9. The van der Waals surface area contributed by atoms with Crippen molar-refractivity contribution in [3.8, 4) is 16.8 Å². The average Bonchev–Trinajstić information content (AvgIpc) is 3.86. The highest BCUT2D eigenvalue weighted by Gasteiger charge is 2.29. The average molecular weight is 769 g/mol. The SMILES string of the molecule is CC1C=CC(c2cccc3c2ccc2ccccc23)=CC1N(c1ccc(-c2ccc(-n3c4ccccc4c4ccccc43)cc2)cc1)c1cccc2oc3ccccc3c12. The maximum atomic E-state index is 6.47. The van der Waals surface area contributed by atoms with E-state index in [1.807, 2.05) is 6.07 Å². The maximum absolute atomic E-state index is 6.47. The van der Waals surface area contributed by atoms with Crippen molar-refractivity contribution in [2.75, 3.05) is 4.90 Å². The molecule has 1 aliphatic carbocycles. The Bertz CT molecular complexity index is 3460. The first kappa shape index (κ1) is 34.4. The Balaban J connectivity index is 0.973. The number of benzene rings is 9. The molecule has 1 aliphatic rings. The molecule has 3 heteroatoms. The second kappa shape index (κ2) is 13.8. The van der Waals surface area contributed by atoms with Gasteiger partial charge in [-0.1, -0.05) is 165 Å². The fraction of sp³-hybridized carbons (Fsp3) is 0.0526. The van der Waals surface area contributed by atoms with Crippen molar-refractivity contribution in [1.29, 1.82) is 0 Å². The van der Waals surface area contributed by atoms with Crippen LogP contribution in [0.4, 0.5) is 11.4 Å². The van der Waals surface area contributed by atoms with Gasteiger partial charge >= 0.3 is 0 Å². The molecule has 12 rings (SSSR count). The van der Waals surface area contributed by atoms with E-state index in [1.54, 1.807) is 0 Å². The monoisotopic (exact) mass is 768 g/mol. The van der Waals surface area contributed by atoms with E-state index in [2.05, 4.69) is 223 Å². The molecule has 0 amide bonds. The summed E-state index contributed by atoms with van der Waals surface area (Å²) in [6.45, 7) is 2.33. The molecule has 0 aliphatic heterocycles. The molecule has 3 nitrogen and oxygen atoms in total. The van der Waals surface area contributed by atoms with Gasteiger partial charge in [0, 0.05) is 27.5 Å². The summed E-state index contributed by atoms with van der Waals surface area (Å²) in [6, 6.07) is 70.4. The summed E-state index contributed by atoms with van der Waals surface area (Å²) >= 11 is 0. The standard InChI is InChI=1S/C57H40N2O/c1-37-24-25-41(45-17-10-18-46-44-13-3-2-12-40(44)30-35-47(45)46)36-54(37)59(53-21-11-23-56-57(53)50-16-6-9-22-55(50)60-56)43-33-28-39(29-34-43)38-26-31-42(32-27-38)58-51-19-7-4-14-48(51)49-15-5-8-20-52(49)58/h2-37,54H,1H3. The lowest BCUT2D eigenvalue weighted by Gasteiger charge is -2.37. The fourth-order valence-corrected chi connectivity index (χ4v) is 9.79. The molecule has 2 unspecified atom stereocenters. The first-order valence-corrected chi connectivity index (χ1v) is 20.9. The smallest absolute Gasteiger partial charge is 0.137 e. The summed E-state index contributed by atoms with van der Waals surface area (Å²) in [6.07, 6.45) is 7.19. The third-order valence-electron chi connectivity index (χ3n) is 12.7. The third kappa shape index (κ3) is 5.43. The van der Waals surface area contributed by atoms with Gasteiger partial charge in [0.05, 0.1) is 28.1 Å². The second-order valence-electron chi connectivity index (χ2n) is 16.1. The summed E-state index contributed by atoms with van der Waals surface area (Å²) in [4.78, 5) is 2.54. The van der Waals surface area contributed by atoms with Crippen molar-refractivity contribution < 1.29 is 4.42 Å². The van der Waals surface area contributed by atoms with Crippen molar-refractivity contribution in [2.24, 2.45) is 5.92 Å². The summed E-state index contributed by atoms with van der Waals surface area (Å²) in [7, 11) is 0. The van der Waals surface area contributed by atoms with E-state index in [0.717, 1.165) is 39.0 Å². The van der Waals surface area contributed by atoms with Crippen LogP contribution >= 0.6 is 0 Å². The van der Waals surface area contributed by atoms with Crippen LogP contribution in [0, 0.1) is 5.92 Å². The Morgan fingerprint density at radius 3 is 1.87 bits per heavy atom. The Morgan fingerprint density at radius 1 is 0.483 bits per heavy atom. The minimum absolute atomic E-state index is 0.0244. The minimum Gasteiger partial charge on any atom is -0.456 e. The number of allylic oxidation sites excluding steroid dienone is 2. The molecule has 284 valence electrons. The van der Waals surface area contributed by atoms with Crippen molar-refractivity contribution in [3.63, 3.8) is 0 Å². The Kier molecular flexibility index (Phi) is 7.89. The van der Waals surface area contributed by atoms with Gasteiger partial charge in [-0.25, -0.2) is 0 Å². The Hall–Kier alpha value is -7.62. The lowest BCUT2D eigenvalue weighted by atomic mass is 9.86. The van der Waals surface area contributed by atoms with Gasteiger partial charge in [-0.3, -0.25) is 0 Å². The van der Waals surface area contributed by atoms with Gasteiger partial charge in [0.25, 0.3) is 0 Å². The van der Waals surface area contributed by atoms with Crippen molar-refractivity contribution >= 4 is 82.2 Å². The summed E-state index contributed by atoms with van der Waals surface area (Å²) in [5.41, 5.74) is 12.5.